The normalized spacial score (nSPS) is 10.0. The van der Waals surface area contributed by atoms with Crippen molar-refractivity contribution < 1.29 is 19.1 Å². The molecular weight excluding hydrogens is 275 g/mol. The standard InChI is InChI=1S/C15H13FN2O3/c1-18(11-6-4-5-10(16)9-11)15(21)17-13-8-3-2-7-12(13)14(19)20/h2-9H,1H3,(H,17,21)(H,19,20). The summed E-state index contributed by atoms with van der Waals surface area (Å²) >= 11 is 0. The third kappa shape index (κ3) is 3.36. The van der Waals surface area contributed by atoms with E-state index in [9.17, 15) is 14.0 Å². The Morgan fingerprint density at radius 2 is 1.86 bits per heavy atom. The number of carbonyl (C=O) groups is 2. The average Bonchev–Trinajstić information content (AvgIpc) is 2.46. The van der Waals surface area contributed by atoms with Gasteiger partial charge in [-0.2, -0.15) is 0 Å². The molecule has 0 atom stereocenters. The largest absolute Gasteiger partial charge is 0.478 e. The Kier molecular flexibility index (Phi) is 4.18. The second-order valence-corrected chi connectivity index (χ2v) is 4.32. The molecule has 2 aromatic rings. The number of para-hydroxylation sites is 1. The Labute approximate surface area is 120 Å². The zero-order valence-electron chi connectivity index (χ0n) is 11.2. The van der Waals surface area contributed by atoms with Gasteiger partial charge in [-0.3, -0.25) is 4.90 Å². The van der Waals surface area contributed by atoms with Crippen LogP contribution >= 0.6 is 0 Å². The quantitative estimate of drug-likeness (QED) is 0.911. The van der Waals surface area contributed by atoms with Crippen LogP contribution in [0.2, 0.25) is 0 Å². The first kappa shape index (κ1) is 14.5. The summed E-state index contributed by atoms with van der Waals surface area (Å²) in [7, 11) is 1.47. The molecule has 0 saturated heterocycles. The number of nitrogens with zero attached hydrogens (tertiary/aromatic N) is 1. The highest BCUT2D eigenvalue weighted by Gasteiger charge is 2.15. The first-order valence-electron chi connectivity index (χ1n) is 6.11. The van der Waals surface area contributed by atoms with E-state index in [-0.39, 0.29) is 11.3 Å². The van der Waals surface area contributed by atoms with Crippen LogP contribution in [0.15, 0.2) is 48.5 Å². The van der Waals surface area contributed by atoms with Crippen LogP contribution in [0, 0.1) is 5.82 Å². The van der Waals surface area contributed by atoms with E-state index < -0.39 is 17.8 Å². The molecule has 108 valence electrons. The van der Waals surface area contributed by atoms with Crippen molar-refractivity contribution in [1.82, 2.24) is 0 Å². The first-order chi connectivity index (χ1) is 9.99. The third-order valence-corrected chi connectivity index (χ3v) is 2.90. The van der Waals surface area contributed by atoms with Gasteiger partial charge in [-0.15, -0.1) is 0 Å². The SMILES string of the molecule is CN(C(=O)Nc1ccccc1C(=O)O)c1cccc(F)c1. The maximum atomic E-state index is 13.2. The van der Waals surface area contributed by atoms with Crippen LogP contribution in [0.4, 0.5) is 20.6 Å². The molecule has 0 aliphatic rings. The van der Waals surface area contributed by atoms with Gasteiger partial charge in [0, 0.05) is 12.7 Å². The molecule has 0 aromatic heterocycles. The summed E-state index contributed by atoms with van der Waals surface area (Å²) in [5.41, 5.74) is 0.525. The Hall–Kier alpha value is -2.89. The molecule has 6 heteroatoms. The summed E-state index contributed by atoms with van der Waals surface area (Å²) in [6.45, 7) is 0. The molecule has 0 saturated carbocycles. The van der Waals surface area contributed by atoms with Gasteiger partial charge in [-0.05, 0) is 30.3 Å². The van der Waals surface area contributed by atoms with Gasteiger partial charge in [-0.25, -0.2) is 14.0 Å². The molecule has 0 aliphatic heterocycles. The minimum absolute atomic E-state index is 0.0153. The topological polar surface area (TPSA) is 69.6 Å². The molecule has 2 amide bonds. The van der Waals surface area contributed by atoms with Crippen LogP contribution in [0.1, 0.15) is 10.4 Å². The highest BCUT2D eigenvalue weighted by atomic mass is 19.1. The minimum atomic E-state index is -1.14. The number of benzene rings is 2. The van der Waals surface area contributed by atoms with E-state index in [2.05, 4.69) is 5.32 Å². The van der Waals surface area contributed by atoms with Gasteiger partial charge in [0.25, 0.3) is 0 Å². The molecule has 0 heterocycles. The molecule has 2 aromatic carbocycles. The fourth-order valence-electron chi connectivity index (χ4n) is 1.78. The van der Waals surface area contributed by atoms with Crippen molar-refractivity contribution in [3.63, 3.8) is 0 Å². The molecule has 2 N–H and O–H groups in total. The van der Waals surface area contributed by atoms with E-state index in [1.165, 1.54) is 42.3 Å². The highest BCUT2D eigenvalue weighted by molar-refractivity contribution is 6.05. The lowest BCUT2D eigenvalue weighted by Crippen LogP contribution is -2.31. The van der Waals surface area contributed by atoms with Crippen LogP contribution in [0.5, 0.6) is 0 Å². The van der Waals surface area contributed by atoms with Crippen LogP contribution in [-0.4, -0.2) is 24.2 Å². The first-order valence-corrected chi connectivity index (χ1v) is 6.11. The molecule has 5 nitrogen and oxygen atoms in total. The van der Waals surface area contributed by atoms with Crippen molar-refractivity contribution >= 4 is 23.4 Å². The predicted molar refractivity (Wildman–Crippen MR) is 77.2 cm³/mol. The fourth-order valence-corrected chi connectivity index (χ4v) is 1.78. The molecule has 0 bridgehead atoms. The molecule has 0 unspecified atom stereocenters. The number of amides is 2. The van der Waals surface area contributed by atoms with Crippen molar-refractivity contribution in [2.24, 2.45) is 0 Å². The van der Waals surface area contributed by atoms with Gasteiger partial charge in [0.1, 0.15) is 5.82 Å². The Balaban J connectivity index is 2.20. The van der Waals surface area contributed by atoms with Gasteiger partial charge >= 0.3 is 12.0 Å². The van der Waals surface area contributed by atoms with E-state index >= 15 is 0 Å². The van der Waals surface area contributed by atoms with E-state index in [4.69, 9.17) is 5.11 Å². The molecule has 0 radical (unpaired) electrons. The van der Waals surface area contributed by atoms with E-state index in [1.54, 1.807) is 18.2 Å². The molecule has 0 fully saturated rings. The monoisotopic (exact) mass is 288 g/mol. The molecule has 0 spiro atoms. The van der Waals surface area contributed by atoms with Gasteiger partial charge in [0.05, 0.1) is 11.3 Å². The summed E-state index contributed by atoms with van der Waals surface area (Å²) < 4.78 is 13.2. The van der Waals surface area contributed by atoms with Crippen molar-refractivity contribution in [3.8, 4) is 0 Å². The number of urea groups is 1. The van der Waals surface area contributed by atoms with Crippen LogP contribution in [0.25, 0.3) is 0 Å². The van der Waals surface area contributed by atoms with Crippen molar-refractivity contribution in [2.45, 2.75) is 0 Å². The van der Waals surface area contributed by atoms with Gasteiger partial charge < -0.3 is 10.4 Å². The lowest BCUT2D eigenvalue weighted by molar-refractivity contribution is 0.0698. The zero-order valence-corrected chi connectivity index (χ0v) is 11.2. The maximum Gasteiger partial charge on any atom is 0.337 e. The second kappa shape index (κ2) is 6.04. The summed E-state index contributed by atoms with van der Waals surface area (Å²) in [6, 6.07) is 11.0. The number of rotatable bonds is 3. The van der Waals surface area contributed by atoms with Crippen LogP contribution in [0.3, 0.4) is 0 Å². The molecule has 2 rings (SSSR count). The zero-order chi connectivity index (χ0) is 15.4. The fraction of sp³-hybridized carbons (Fsp3) is 0.0667. The number of halogens is 1. The number of nitrogens with one attached hydrogen (secondary N) is 1. The summed E-state index contributed by atoms with van der Waals surface area (Å²) in [4.78, 5) is 24.4. The number of anilines is 2. The third-order valence-electron chi connectivity index (χ3n) is 2.90. The van der Waals surface area contributed by atoms with Gasteiger partial charge in [0.15, 0.2) is 0 Å². The number of aromatic carboxylic acids is 1. The van der Waals surface area contributed by atoms with Crippen LogP contribution in [-0.2, 0) is 0 Å². The summed E-state index contributed by atoms with van der Waals surface area (Å²) in [5, 5.41) is 11.5. The molecule has 21 heavy (non-hydrogen) atoms. The number of carboxylic acids is 1. The van der Waals surface area contributed by atoms with E-state index in [0.717, 1.165) is 0 Å². The lowest BCUT2D eigenvalue weighted by atomic mass is 10.2. The summed E-state index contributed by atoms with van der Waals surface area (Å²) in [6.07, 6.45) is 0. The second-order valence-electron chi connectivity index (χ2n) is 4.32. The Morgan fingerprint density at radius 3 is 2.52 bits per heavy atom. The smallest absolute Gasteiger partial charge is 0.337 e. The number of hydrogen-bond donors (Lipinski definition) is 2. The lowest BCUT2D eigenvalue weighted by Gasteiger charge is -2.18. The highest BCUT2D eigenvalue weighted by Crippen LogP contribution is 2.18. The number of carbonyl (C=O) groups excluding carboxylic acids is 1. The van der Waals surface area contributed by atoms with E-state index in [1.807, 2.05) is 0 Å². The number of carboxylic acid groups (broad SMARTS) is 1. The van der Waals surface area contributed by atoms with Gasteiger partial charge in [-0.1, -0.05) is 18.2 Å². The van der Waals surface area contributed by atoms with Gasteiger partial charge in [0.2, 0.25) is 0 Å². The minimum Gasteiger partial charge on any atom is -0.478 e. The maximum absolute atomic E-state index is 13.2. The average molecular weight is 288 g/mol. The molecule has 0 aliphatic carbocycles. The van der Waals surface area contributed by atoms with Crippen molar-refractivity contribution in [3.05, 3.63) is 59.9 Å². The Morgan fingerprint density at radius 1 is 1.14 bits per heavy atom. The van der Waals surface area contributed by atoms with Crippen LogP contribution < -0.4 is 10.2 Å². The predicted octanol–water partition coefficient (Wildman–Crippen LogP) is 3.19. The Bertz CT molecular complexity index is 688. The molecular formula is C15H13FN2O3. The van der Waals surface area contributed by atoms with E-state index in [0.29, 0.717) is 5.69 Å². The van der Waals surface area contributed by atoms with Crippen molar-refractivity contribution in [1.29, 1.82) is 0 Å². The summed E-state index contributed by atoms with van der Waals surface area (Å²) in [5.74, 6) is -1.60. The number of hydrogen-bond acceptors (Lipinski definition) is 2. The van der Waals surface area contributed by atoms with Crippen molar-refractivity contribution in [2.75, 3.05) is 17.3 Å².